The van der Waals surface area contributed by atoms with Crippen LogP contribution in [0.15, 0.2) is 18.2 Å². The molecule has 0 heterocycles. The molecule has 0 bridgehead atoms. The lowest BCUT2D eigenvalue weighted by Crippen LogP contribution is -2.17. The van der Waals surface area contributed by atoms with E-state index in [1.165, 1.54) is 27.8 Å². The molecule has 22 heavy (non-hydrogen) atoms. The van der Waals surface area contributed by atoms with Crippen LogP contribution in [0, 0.1) is 48.5 Å². The largest absolute Gasteiger partial charge is 0.626 e. The molecule has 0 radical (unpaired) electrons. The van der Waals surface area contributed by atoms with Crippen LogP contribution in [0.2, 0.25) is 0 Å². The van der Waals surface area contributed by atoms with Gasteiger partial charge >= 0.3 is 0 Å². The number of hydrogen-bond donors (Lipinski definition) is 0. The van der Waals surface area contributed by atoms with Crippen molar-refractivity contribution in [1.82, 2.24) is 0 Å². The molecule has 1 atom stereocenters. The molecule has 0 N–H and O–H groups in total. The number of rotatable bonds is 2. The second kappa shape index (κ2) is 6.36. The van der Waals surface area contributed by atoms with Gasteiger partial charge in [0.05, 0.1) is 7.77 Å². The first-order valence-corrected chi connectivity index (χ1v) is 9.01. The Balaban J connectivity index is 2.65. The van der Waals surface area contributed by atoms with E-state index < -0.39 is 7.77 Å². The molecule has 1 unspecified atom stereocenters. The Morgan fingerprint density at radius 2 is 1.18 bits per heavy atom. The summed E-state index contributed by atoms with van der Waals surface area (Å²) >= 11 is 0. The Morgan fingerprint density at radius 1 is 0.727 bits per heavy atom. The maximum absolute atomic E-state index is 13.0. The quantitative estimate of drug-likeness (QED) is 0.766. The Bertz CT molecular complexity index is 721. The Morgan fingerprint density at radius 3 is 1.64 bits per heavy atom. The summed E-state index contributed by atoms with van der Waals surface area (Å²) in [5, 5.41) is 1.01. The van der Waals surface area contributed by atoms with Crippen LogP contribution in [-0.4, -0.2) is 5.80 Å². The van der Waals surface area contributed by atoms with Crippen molar-refractivity contribution in [1.29, 1.82) is 0 Å². The van der Waals surface area contributed by atoms with Gasteiger partial charge in [-0.3, -0.25) is 0 Å². The molecule has 116 valence electrons. The van der Waals surface area contributed by atoms with Crippen molar-refractivity contribution in [2.24, 2.45) is 0 Å². The predicted octanol–water partition coefficient (Wildman–Crippen LogP) is 4.08. The number of benzene rings is 2. The summed E-state index contributed by atoms with van der Waals surface area (Å²) in [6.07, 6.45) is 0. The highest BCUT2D eigenvalue weighted by Crippen LogP contribution is 2.25. The minimum atomic E-state index is -1.54. The monoisotopic (exact) mass is 312 g/mol. The van der Waals surface area contributed by atoms with Crippen LogP contribution >= 0.6 is 7.77 Å². The fourth-order valence-corrected chi connectivity index (χ4v) is 4.89. The molecule has 2 rings (SSSR count). The third-order valence-electron chi connectivity index (χ3n) is 4.53. The highest BCUT2D eigenvalue weighted by Gasteiger charge is 2.17. The summed E-state index contributed by atoms with van der Waals surface area (Å²) in [5.41, 5.74) is 9.50. The fraction of sp³-hybridized carbons (Fsp3) is 0.350. The topological polar surface area (TPSA) is 23.1 Å². The van der Waals surface area contributed by atoms with Gasteiger partial charge in [0.25, 0.3) is 0 Å². The maximum atomic E-state index is 13.0. The van der Waals surface area contributed by atoms with Crippen molar-refractivity contribution >= 4 is 18.9 Å². The molecular weight excluding hydrogens is 287 g/mol. The Hall–Kier alpha value is -1.43. The second-order valence-corrected chi connectivity index (χ2v) is 7.73. The van der Waals surface area contributed by atoms with Crippen LogP contribution in [0.5, 0.6) is 0 Å². The molecule has 2 aromatic carbocycles. The van der Waals surface area contributed by atoms with Crippen molar-refractivity contribution < 1.29 is 4.89 Å². The van der Waals surface area contributed by atoms with E-state index in [4.69, 9.17) is 0 Å². The average molecular weight is 312 g/mol. The molecule has 0 saturated heterocycles. The lowest BCUT2D eigenvalue weighted by molar-refractivity contribution is -0.149. The lowest BCUT2D eigenvalue weighted by atomic mass is 10.0. The zero-order valence-electron chi connectivity index (χ0n) is 14.7. The van der Waals surface area contributed by atoms with E-state index in [0.29, 0.717) is 0 Å². The van der Waals surface area contributed by atoms with Crippen LogP contribution < -0.4 is 10.2 Å². The van der Waals surface area contributed by atoms with Crippen molar-refractivity contribution in [2.45, 2.75) is 48.5 Å². The second-order valence-electron chi connectivity index (χ2n) is 6.38. The Kier molecular flexibility index (Phi) is 4.90. The number of hydrogen-bond acceptors (Lipinski definition) is 1. The van der Waals surface area contributed by atoms with E-state index in [1.807, 2.05) is 5.80 Å². The van der Waals surface area contributed by atoms with Gasteiger partial charge in [0.15, 0.2) is 5.30 Å². The van der Waals surface area contributed by atoms with E-state index in [-0.39, 0.29) is 0 Å². The zero-order valence-corrected chi connectivity index (χ0v) is 15.6. The van der Waals surface area contributed by atoms with Crippen LogP contribution in [-0.2, 0) is 0 Å². The fourth-order valence-electron chi connectivity index (χ4n) is 3.10. The first-order valence-electron chi connectivity index (χ1n) is 7.69. The van der Waals surface area contributed by atoms with E-state index >= 15 is 0 Å². The first-order chi connectivity index (χ1) is 10.2. The standard InChI is InChI=1S/C20H25OP/c1-12-8-15(4)19(16(5)9-12)11-22(21)20-17(6)13(2)10-14(3)18(20)7/h8-11H,1-7H3. The van der Waals surface area contributed by atoms with Gasteiger partial charge in [-0.2, -0.15) is 0 Å². The minimum Gasteiger partial charge on any atom is -0.626 e. The van der Waals surface area contributed by atoms with Crippen LogP contribution in [0.4, 0.5) is 0 Å². The van der Waals surface area contributed by atoms with Gasteiger partial charge in [0.1, 0.15) is 5.80 Å². The molecule has 1 nitrogen and oxygen atoms in total. The Labute approximate surface area is 135 Å². The summed E-state index contributed by atoms with van der Waals surface area (Å²) < 4.78 is 0. The van der Waals surface area contributed by atoms with Crippen molar-refractivity contribution in [3.05, 3.63) is 62.7 Å². The van der Waals surface area contributed by atoms with Gasteiger partial charge in [-0.25, -0.2) is 0 Å². The summed E-state index contributed by atoms with van der Waals surface area (Å²) in [7, 11) is -1.54. The van der Waals surface area contributed by atoms with Crippen molar-refractivity contribution in [2.75, 3.05) is 0 Å². The van der Waals surface area contributed by atoms with Crippen LogP contribution in [0.3, 0.4) is 0 Å². The predicted molar refractivity (Wildman–Crippen MR) is 97.8 cm³/mol. The highest BCUT2D eigenvalue weighted by molar-refractivity contribution is 7.58. The smallest absolute Gasteiger partial charge is 0.151 e. The molecule has 0 spiro atoms. The molecule has 0 aliphatic carbocycles. The molecule has 0 aromatic heterocycles. The van der Waals surface area contributed by atoms with Gasteiger partial charge in [0.2, 0.25) is 0 Å². The SMILES string of the molecule is Cc1cc(C)c(C=[P+]([O-])c2c(C)c(C)cc(C)c2C)c(C)c1. The summed E-state index contributed by atoms with van der Waals surface area (Å²) in [5.74, 6) is 1.95. The van der Waals surface area contributed by atoms with E-state index in [2.05, 4.69) is 66.7 Å². The third-order valence-corrected chi connectivity index (χ3v) is 6.14. The lowest BCUT2D eigenvalue weighted by Gasteiger charge is -2.13. The van der Waals surface area contributed by atoms with Crippen LogP contribution in [0.25, 0.3) is 0 Å². The van der Waals surface area contributed by atoms with Crippen molar-refractivity contribution in [3.63, 3.8) is 0 Å². The molecule has 0 amide bonds. The van der Waals surface area contributed by atoms with E-state index in [9.17, 15) is 4.89 Å². The molecule has 0 aliphatic rings. The van der Waals surface area contributed by atoms with Gasteiger partial charge in [-0.1, -0.05) is 23.8 Å². The van der Waals surface area contributed by atoms with Gasteiger partial charge < -0.3 is 4.89 Å². The van der Waals surface area contributed by atoms with E-state index in [0.717, 1.165) is 22.0 Å². The highest BCUT2D eigenvalue weighted by atomic mass is 31.1. The van der Waals surface area contributed by atoms with Gasteiger partial charge in [0, 0.05) is 16.7 Å². The van der Waals surface area contributed by atoms with Crippen LogP contribution in [0.1, 0.15) is 44.5 Å². The molecule has 2 aromatic rings. The number of aryl methyl sites for hydroxylation is 5. The molecular formula is C20H25OP. The van der Waals surface area contributed by atoms with Gasteiger partial charge in [-0.05, 0) is 70.7 Å². The molecule has 0 saturated carbocycles. The maximum Gasteiger partial charge on any atom is 0.151 e. The van der Waals surface area contributed by atoms with Crippen molar-refractivity contribution in [3.8, 4) is 0 Å². The average Bonchev–Trinajstić information content (AvgIpc) is 2.41. The van der Waals surface area contributed by atoms with E-state index in [1.54, 1.807) is 0 Å². The summed E-state index contributed by atoms with van der Waals surface area (Å²) in [6.45, 7) is 14.6. The molecule has 2 heteroatoms. The molecule has 0 aliphatic heterocycles. The minimum absolute atomic E-state index is 1.01. The summed E-state index contributed by atoms with van der Waals surface area (Å²) in [4.78, 5) is 13.0. The van der Waals surface area contributed by atoms with Gasteiger partial charge in [-0.15, -0.1) is 0 Å². The summed E-state index contributed by atoms with van der Waals surface area (Å²) in [6, 6.07) is 6.49. The molecule has 0 fully saturated rings. The normalized spacial score (nSPS) is 11.9. The zero-order chi connectivity index (χ0) is 16.6. The third kappa shape index (κ3) is 3.16. The first kappa shape index (κ1) is 16.9.